The summed E-state index contributed by atoms with van der Waals surface area (Å²) in [7, 11) is 1.75. The van der Waals surface area contributed by atoms with E-state index in [2.05, 4.69) is 27.5 Å². The number of nitrogens with one attached hydrogen (secondary N) is 1. The third kappa shape index (κ3) is 5.18. The Morgan fingerprint density at radius 1 is 1.47 bits per heavy atom. The third-order valence-electron chi connectivity index (χ3n) is 3.65. The number of hydrogen-bond acceptors (Lipinski definition) is 5. The van der Waals surface area contributed by atoms with Crippen molar-refractivity contribution in [1.29, 1.82) is 0 Å². The average molecular weight is 283 g/mol. The summed E-state index contributed by atoms with van der Waals surface area (Å²) in [5, 5.41) is 6.87. The van der Waals surface area contributed by atoms with Gasteiger partial charge in [0.2, 0.25) is 0 Å². The van der Waals surface area contributed by atoms with Crippen LogP contribution in [0.4, 0.5) is 0 Å². The molecule has 1 aromatic rings. The molecule has 0 aromatic carbocycles. The summed E-state index contributed by atoms with van der Waals surface area (Å²) in [6.07, 6.45) is 2.59. The van der Waals surface area contributed by atoms with Gasteiger partial charge < -0.3 is 10.1 Å². The zero-order valence-electron chi connectivity index (χ0n) is 12.0. The van der Waals surface area contributed by atoms with Gasteiger partial charge in [-0.1, -0.05) is 0 Å². The molecule has 0 aliphatic carbocycles. The highest BCUT2D eigenvalue weighted by Crippen LogP contribution is 2.19. The van der Waals surface area contributed by atoms with Crippen molar-refractivity contribution in [3.63, 3.8) is 0 Å². The summed E-state index contributed by atoms with van der Waals surface area (Å²) in [5.41, 5.74) is 1.15. The van der Waals surface area contributed by atoms with E-state index < -0.39 is 0 Å². The molecule has 1 saturated heterocycles. The van der Waals surface area contributed by atoms with Crippen LogP contribution in [-0.2, 0) is 11.3 Å². The lowest BCUT2D eigenvalue weighted by Crippen LogP contribution is -2.37. The van der Waals surface area contributed by atoms with E-state index in [0.717, 1.165) is 37.9 Å². The van der Waals surface area contributed by atoms with Gasteiger partial charge in [-0.3, -0.25) is 4.90 Å². The van der Waals surface area contributed by atoms with Crippen LogP contribution in [0.1, 0.15) is 23.5 Å². The lowest BCUT2D eigenvalue weighted by molar-refractivity contribution is 0.168. The smallest absolute Gasteiger partial charge is 0.107 e. The van der Waals surface area contributed by atoms with Crippen molar-refractivity contribution in [2.75, 3.05) is 39.9 Å². The Morgan fingerprint density at radius 2 is 2.26 bits per heavy atom. The summed E-state index contributed by atoms with van der Waals surface area (Å²) in [6.45, 7) is 8.41. The molecule has 0 unspecified atom stereocenters. The van der Waals surface area contributed by atoms with Crippen molar-refractivity contribution in [2.24, 2.45) is 5.92 Å². The van der Waals surface area contributed by atoms with E-state index >= 15 is 0 Å². The van der Waals surface area contributed by atoms with Crippen LogP contribution in [0.2, 0.25) is 0 Å². The number of piperidine rings is 1. The molecule has 2 rings (SSSR count). The monoisotopic (exact) mass is 283 g/mol. The topological polar surface area (TPSA) is 37.4 Å². The number of thiazole rings is 1. The van der Waals surface area contributed by atoms with Crippen LogP contribution < -0.4 is 5.32 Å². The number of hydrogen-bond donors (Lipinski definition) is 1. The first kappa shape index (κ1) is 14.9. The van der Waals surface area contributed by atoms with Crippen LogP contribution >= 0.6 is 11.3 Å². The second-order valence-electron chi connectivity index (χ2n) is 5.30. The fourth-order valence-corrected chi connectivity index (χ4v) is 3.31. The van der Waals surface area contributed by atoms with E-state index in [-0.39, 0.29) is 0 Å². The largest absolute Gasteiger partial charge is 0.383 e. The van der Waals surface area contributed by atoms with E-state index in [1.807, 2.05) is 0 Å². The van der Waals surface area contributed by atoms with Crippen LogP contribution in [0.3, 0.4) is 0 Å². The average Bonchev–Trinajstić information content (AvgIpc) is 2.82. The van der Waals surface area contributed by atoms with Crippen molar-refractivity contribution in [3.05, 3.63) is 16.1 Å². The SMILES string of the molecule is COCCNCC1CCN(Cc2nc(C)cs2)CC1. The van der Waals surface area contributed by atoms with Crippen LogP contribution in [0, 0.1) is 12.8 Å². The lowest BCUT2D eigenvalue weighted by Gasteiger charge is -2.31. The molecular formula is C14H25N3OS. The molecular weight excluding hydrogens is 258 g/mol. The molecule has 0 saturated carbocycles. The molecule has 19 heavy (non-hydrogen) atoms. The molecule has 0 amide bonds. The lowest BCUT2D eigenvalue weighted by atomic mass is 9.97. The van der Waals surface area contributed by atoms with Gasteiger partial charge in [0.25, 0.3) is 0 Å². The Bertz CT molecular complexity index is 361. The standard InChI is InChI=1S/C14H25N3OS/c1-12-11-19-14(16-12)10-17-6-3-13(4-7-17)9-15-5-8-18-2/h11,13,15H,3-10H2,1-2H3. The van der Waals surface area contributed by atoms with E-state index in [0.29, 0.717) is 0 Å². The molecule has 1 aromatic heterocycles. The molecule has 1 fully saturated rings. The van der Waals surface area contributed by atoms with Gasteiger partial charge in [-0.05, 0) is 45.3 Å². The van der Waals surface area contributed by atoms with E-state index in [9.17, 15) is 0 Å². The Kier molecular flexibility index (Phi) is 6.23. The number of nitrogens with zero attached hydrogens (tertiary/aromatic N) is 2. The minimum atomic E-state index is 0.808. The maximum absolute atomic E-state index is 5.04. The maximum atomic E-state index is 5.04. The van der Waals surface area contributed by atoms with Crippen LogP contribution in [0.25, 0.3) is 0 Å². The summed E-state index contributed by atoms with van der Waals surface area (Å²) >= 11 is 1.78. The third-order valence-corrected chi connectivity index (χ3v) is 4.60. The van der Waals surface area contributed by atoms with Gasteiger partial charge in [0.1, 0.15) is 5.01 Å². The fourth-order valence-electron chi connectivity index (χ4n) is 2.50. The summed E-state index contributed by atoms with van der Waals surface area (Å²) < 4.78 is 5.04. The summed E-state index contributed by atoms with van der Waals surface area (Å²) in [6, 6.07) is 0. The van der Waals surface area contributed by atoms with Gasteiger partial charge in [-0.2, -0.15) is 0 Å². The highest BCUT2D eigenvalue weighted by molar-refractivity contribution is 7.09. The Labute approximate surface area is 120 Å². The molecule has 0 spiro atoms. The second-order valence-corrected chi connectivity index (χ2v) is 6.24. The van der Waals surface area contributed by atoms with Crippen molar-refractivity contribution < 1.29 is 4.74 Å². The first-order chi connectivity index (χ1) is 9.28. The molecule has 1 N–H and O–H groups in total. The molecule has 1 aliphatic heterocycles. The number of ether oxygens (including phenoxy) is 1. The van der Waals surface area contributed by atoms with E-state index in [4.69, 9.17) is 4.74 Å². The second kappa shape index (κ2) is 7.94. The highest BCUT2D eigenvalue weighted by atomic mass is 32.1. The van der Waals surface area contributed by atoms with Crippen LogP contribution in [0.15, 0.2) is 5.38 Å². The van der Waals surface area contributed by atoms with Gasteiger partial charge in [-0.25, -0.2) is 4.98 Å². The number of aryl methyl sites for hydroxylation is 1. The molecule has 0 radical (unpaired) electrons. The first-order valence-corrected chi connectivity index (χ1v) is 7.99. The Hall–Kier alpha value is -0.490. The van der Waals surface area contributed by atoms with Gasteiger partial charge in [0, 0.05) is 24.7 Å². The molecule has 108 valence electrons. The van der Waals surface area contributed by atoms with Gasteiger partial charge >= 0.3 is 0 Å². The first-order valence-electron chi connectivity index (χ1n) is 7.11. The van der Waals surface area contributed by atoms with Crippen molar-refractivity contribution in [1.82, 2.24) is 15.2 Å². The molecule has 4 nitrogen and oxygen atoms in total. The quantitative estimate of drug-likeness (QED) is 0.776. The van der Waals surface area contributed by atoms with Crippen molar-refractivity contribution in [2.45, 2.75) is 26.3 Å². The van der Waals surface area contributed by atoms with Crippen LogP contribution in [-0.4, -0.2) is 49.8 Å². The van der Waals surface area contributed by atoms with Crippen LogP contribution in [0.5, 0.6) is 0 Å². The van der Waals surface area contributed by atoms with Crippen molar-refractivity contribution >= 4 is 11.3 Å². The molecule has 0 atom stereocenters. The highest BCUT2D eigenvalue weighted by Gasteiger charge is 2.19. The number of methoxy groups -OCH3 is 1. The van der Waals surface area contributed by atoms with Gasteiger partial charge in [0.15, 0.2) is 0 Å². The number of aromatic nitrogens is 1. The minimum Gasteiger partial charge on any atom is -0.383 e. The number of rotatable bonds is 7. The molecule has 1 aliphatic rings. The normalized spacial score (nSPS) is 18.0. The van der Waals surface area contributed by atoms with Gasteiger partial charge in [-0.15, -0.1) is 11.3 Å². The number of likely N-dealkylation sites (tertiary alicyclic amines) is 1. The zero-order chi connectivity index (χ0) is 13.5. The maximum Gasteiger partial charge on any atom is 0.107 e. The van der Waals surface area contributed by atoms with Crippen molar-refractivity contribution in [3.8, 4) is 0 Å². The molecule has 2 heterocycles. The zero-order valence-corrected chi connectivity index (χ0v) is 12.8. The Balaban J connectivity index is 1.62. The summed E-state index contributed by atoms with van der Waals surface area (Å²) in [5.74, 6) is 0.825. The Morgan fingerprint density at radius 3 is 2.89 bits per heavy atom. The predicted molar refractivity (Wildman–Crippen MR) is 79.6 cm³/mol. The van der Waals surface area contributed by atoms with Gasteiger partial charge in [0.05, 0.1) is 13.2 Å². The molecule has 0 bridgehead atoms. The summed E-state index contributed by atoms with van der Waals surface area (Å²) in [4.78, 5) is 7.08. The fraction of sp³-hybridized carbons (Fsp3) is 0.786. The van der Waals surface area contributed by atoms with E-state index in [1.54, 1.807) is 18.4 Å². The minimum absolute atomic E-state index is 0.808. The van der Waals surface area contributed by atoms with E-state index in [1.165, 1.54) is 30.9 Å². The predicted octanol–water partition coefficient (Wildman–Crippen LogP) is 1.90. The molecule has 5 heteroatoms.